The number of carbonyl (C=O) groups excluding carboxylic acids is 1. The number of thiazole rings is 1. The third-order valence-electron chi connectivity index (χ3n) is 8.28. The van der Waals surface area contributed by atoms with Crippen LogP contribution in [0.3, 0.4) is 0 Å². The molecule has 40 heavy (non-hydrogen) atoms. The minimum atomic E-state index is -0.156. The molecule has 4 nitrogen and oxygen atoms in total. The van der Waals surface area contributed by atoms with Crippen LogP contribution in [-0.4, -0.2) is 5.78 Å². The van der Waals surface area contributed by atoms with Gasteiger partial charge in [0.15, 0.2) is 12.3 Å². The molecule has 0 spiro atoms. The molecule has 0 amide bonds. The molecule has 9 rings (SSSR count). The highest BCUT2D eigenvalue weighted by atomic mass is 32.2. The van der Waals surface area contributed by atoms with Gasteiger partial charge in [0, 0.05) is 39.8 Å². The molecule has 5 aromatic rings. The number of hydrogen-bond donors (Lipinski definition) is 0. The van der Waals surface area contributed by atoms with Crippen LogP contribution >= 0.6 is 23.1 Å². The largest absolute Gasteiger partial charge is 0.871 e. The average Bonchev–Trinajstić information content (AvgIpc) is 3.55. The number of fused-ring (bicyclic) bond motifs is 8. The minimum Gasteiger partial charge on any atom is -0.871 e. The van der Waals surface area contributed by atoms with Crippen LogP contribution in [0.25, 0.3) is 21.4 Å². The molecule has 3 aliphatic heterocycles. The van der Waals surface area contributed by atoms with Crippen molar-refractivity contribution < 1.29 is 14.5 Å². The third-order valence-corrected chi connectivity index (χ3v) is 10.6. The number of thioether (sulfide) groups is 1. The van der Waals surface area contributed by atoms with Crippen molar-refractivity contribution in [3.05, 3.63) is 146 Å². The van der Waals surface area contributed by atoms with E-state index in [2.05, 4.69) is 45.9 Å². The van der Waals surface area contributed by atoms with E-state index in [1.807, 2.05) is 60.7 Å². The predicted molar refractivity (Wildman–Crippen MR) is 157 cm³/mol. The van der Waals surface area contributed by atoms with Crippen molar-refractivity contribution in [2.45, 2.75) is 18.0 Å². The zero-order chi connectivity index (χ0) is 26.5. The second-order valence-corrected chi connectivity index (χ2v) is 12.5. The van der Waals surface area contributed by atoms with E-state index < -0.39 is 0 Å². The number of nitrogens with zero attached hydrogens (tertiary/aromatic N) is 2. The Morgan fingerprint density at radius 1 is 0.725 bits per heavy atom. The lowest BCUT2D eigenvalue weighted by molar-refractivity contribution is -0.661. The summed E-state index contributed by atoms with van der Waals surface area (Å²) in [6.07, 6.45) is 0. The Labute approximate surface area is 238 Å². The SMILES string of the molecule is O=C1C(C2=C3Sc4ccccc4N3Cc3ccccc32)=C([O-])/C1=C1/c2ccccc2C[n+]2c1sc1ccccc12. The smallest absolute Gasteiger partial charge is 0.271 e. The quantitative estimate of drug-likeness (QED) is 0.184. The molecule has 1 aliphatic carbocycles. The van der Waals surface area contributed by atoms with Gasteiger partial charge in [-0.15, -0.1) is 0 Å². The lowest BCUT2D eigenvalue weighted by atomic mass is 9.75. The standard InChI is InChI=1S/C34H20N2O2S2/c37-31-29(27-21-11-3-1-9-19(21)17-35-23-13-5-7-15-25(23)39-33(27)35)32(38)30(31)28-22-12-4-2-10-20(22)18-36-24-14-6-8-16-26(24)40-34(28)36/h1-16H,17-18H2. The Balaban J connectivity index is 1.31. The molecule has 0 atom stereocenters. The van der Waals surface area contributed by atoms with Crippen molar-refractivity contribution in [1.29, 1.82) is 0 Å². The summed E-state index contributed by atoms with van der Waals surface area (Å²) < 4.78 is 3.40. The van der Waals surface area contributed by atoms with Gasteiger partial charge in [-0.3, -0.25) is 4.79 Å². The van der Waals surface area contributed by atoms with Crippen LogP contribution in [-0.2, 0) is 17.9 Å². The molecule has 0 N–H and O–H groups in total. The van der Waals surface area contributed by atoms with Gasteiger partial charge in [0.2, 0.25) is 5.52 Å². The van der Waals surface area contributed by atoms with Crippen molar-refractivity contribution in [2.24, 2.45) is 0 Å². The molecule has 0 fully saturated rings. The lowest BCUT2D eigenvalue weighted by Gasteiger charge is -2.38. The highest BCUT2D eigenvalue weighted by molar-refractivity contribution is 8.04. The van der Waals surface area contributed by atoms with E-state index in [0.717, 1.165) is 77.3 Å². The molecule has 0 bridgehead atoms. The summed E-state index contributed by atoms with van der Waals surface area (Å²) >= 11 is 3.31. The molecule has 0 saturated carbocycles. The molecule has 0 unspecified atom stereocenters. The summed E-state index contributed by atoms with van der Waals surface area (Å²) in [6, 6.07) is 32.9. The summed E-state index contributed by atoms with van der Waals surface area (Å²) in [5, 5.41) is 16.2. The normalized spacial score (nSPS) is 18.8. The number of rotatable bonds is 1. The molecule has 190 valence electrons. The first-order valence-electron chi connectivity index (χ1n) is 13.3. The zero-order valence-electron chi connectivity index (χ0n) is 21.2. The van der Waals surface area contributed by atoms with Gasteiger partial charge in [-0.2, -0.15) is 4.57 Å². The molecular weight excluding hydrogens is 533 g/mol. The van der Waals surface area contributed by atoms with E-state index in [9.17, 15) is 9.90 Å². The first-order valence-corrected chi connectivity index (χ1v) is 14.9. The number of carbonyl (C=O) groups is 1. The maximum atomic E-state index is 14.3. The van der Waals surface area contributed by atoms with Crippen LogP contribution in [0.2, 0.25) is 0 Å². The number of ketones is 1. The highest BCUT2D eigenvalue weighted by Crippen LogP contribution is 2.56. The predicted octanol–water partition coefficient (Wildman–Crippen LogP) is 6.04. The first-order chi connectivity index (χ1) is 19.7. The maximum absolute atomic E-state index is 14.3. The van der Waals surface area contributed by atoms with Crippen molar-refractivity contribution in [2.75, 3.05) is 4.90 Å². The first kappa shape index (κ1) is 22.4. The average molecular weight is 553 g/mol. The van der Waals surface area contributed by atoms with E-state index in [1.165, 1.54) is 0 Å². The van der Waals surface area contributed by atoms with Gasteiger partial charge in [-0.25, -0.2) is 0 Å². The van der Waals surface area contributed by atoms with Crippen LogP contribution < -0.4 is 14.6 Å². The molecule has 4 aromatic carbocycles. The molecular formula is C34H20N2O2S2. The fraction of sp³-hybridized carbons (Fsp3) is 0.0588. The number of allylic oxidation sites excluding steroid dienone is 3. The van der Waals surface area contributed by atoms with Crippen LogP contribution in [0.4, 0.5) is 5.69 Å². The van der Waals surface area contributed by atoms with Gasteiger partial charge >= 0.3 is 0 Å². The van der Waals surface area contributed by atoms with Gasteiger partial charge in [0.1, 0.15) is 4.70 Å². The third kappa shape index (κ3) is 2.87. The van der Waals surface area contributed by atoms with E-state index in [1.54, 1.807) is 23.1 Å². The Hall–Kier alpha value is -4.39. The van der Waals surface area contributed by atoms with Crippen molar-refractivity contribution in [1.82, 2.24) is 0 Å². The van der Waals surface area contributed by atoms with Gasteiger partial charge < -0.3 is 10.0 Å². The Kier molecular flexibility index (Phi) is 4.52. The highest BCUT2D eigenvalue weighted by Gasteiger charge is 2.43. The van der Waals surface area contributed by atoms with E-state index >= 15 is 0 Å². The Bertz CT molecular complexity index is 2080. The van der Waals surface area contributed by atoms with Crippen molar-refractivity contribution >= 4 is 55.9 Å². The van der Waals surface area contributed by atoms with E-state index in [0.29, 0.717) is 11.1 Å². The van der Waals surface area contributed by atoms with Crippen molar-refractivity contribution in [3.63, 3.8) is 0 Å². The van der Waals surface area contributed by atoms with E-state index in [-0.39, 0.29) is 11.5 Å². The summed E-state index contributed by atoms with van der Waals surface area (Å²) in [6.45, 7) is 1.44. The zero-order valence-corrected chi connectivity index (χ0v) is 22.8. The monoisotopic (exact) mass is 552 g/mol. The summed E-state index contributed by atoms with van der Waals surface area (Å²) in [7, 11) is 0. The second-order valence-electron chi connectivity index (χ2n) is 10.4. The Morgan fingerprint density at radius 2 is 1.43 bits per heavy atom. The molecule has 1 aromatic heterocycles. The Morgan fingerprint density at radius 3 is 2.27 bits per heavy atom. The van der Waals surface area contributed by atoms with Crippen LogP contribution in [0, 0.1) is 0 Å². The van der Waals surface area contributed by atoms with Crippen LogP contribution in [0.15, 0.2) is 124 Å². The molecule has 6 heteroatoms. The fourth-order valence-electron chi connectivity index (χ4n) is 6.46. The van der Waals surface area contributed by atoms with Gasteiger partial charge in [-0.05, 0) is 34.9 Å². The topological polar surface area (TPSA) is 47.3 Å². The van der Waals surface area contributed by atoms with Gasteiger partial charge in [0.05, 0.1) is 16.3 Å². The molecule has 0 radical (unpaired) electrons. The number of para-hydroxylation sites is 2. The van der Waals surface area contributed by atoms with Gasteiger partial charge in [-0.1, -0.05) is 102 Å². The maximum Gasteiger partial charge on any atom is 0.271 e. The van der Waals surface area contributed by atoms with E-state index in [4.69, 9.17) is 0 Å². The number of Topliss-reactive ketones (excluding diaryl/α,β-unsaturated/α-hetero) is 1. The number of hydrogen-bond acceptors (Lipinski definition) is 5. The number of anilines is 1. The van der Waals surface area contributed by atoms with Gasteiger partial charge in [0.25, 0.3) is 5.01 Å². The fourth-order valence-corrected chi connectivity index (χ4v) is 8.91. The number of aromatic nitrogens is 1. The summed E-state index contributed by atoms with van der Waals surface area (Å²) in [4.78, 5) is 17.7. The summed E-state index contributed by atoms with van der Waals surface area (Å²) in [5.41, 5.74) is 8.63. The second kappa shape index (κ2) is 8.07. The molecule has 4 aliphatic rings. The summed E-state index contributed by atoms with van der Waals surface area (Å²) in [5.74, 6) is -0.312. The lowest BCUT2D eigenvalue weighted by Crippen LogP contribution is -2.42. The minimum absolute atomic E-state index is 0.156. The van der Waals surface area contributed by atoms with Crippen molar-refractivity contribution in [3.8, 4) is 0 Å². The van der Waals surface area contributed by atoms with Crippen LogP contribution in [0.1, 0.15) is 27.3 Å². The molecule has 0 saturated heterocycles. The molecule has 4 heterocycles. The number of benzene rings is 4. The van der Waals surface area contributed by atoms with Crippen LogP contribution in [0.5, 0.6) is 0 Å².